The predicted octanol–water partition coefficient (Wildman–Crippen LogP) is 2.94. The molecule has 6 nitrogen and oxygen atoms in total. The third-order valence-electron chi connectivity index (χ3n) is 4.04. The molecule has 0 fully saturated rings. The van der Waals surface area contributed by atoms with Crippen molar-refractivity contribution in [1.29, 1.82) is 5.26 Å². The first-order valence-electron chi connectivity index (χ1n) is 8.18. The van der Waals surface area contributed by atoms with E-state index in [2.05, 4.69) is 16.1 Å². The zero-order chi connectivity index (χ0) is 18.7. The number of rotatable bonds is 3. The number of anilines is 1. The fourth-order valence-electron chi connectivity index (χ4n) is 2.97. The molecule has 2 aromatic carbocycles. The van der Waals surface area contributed by atoms with Crippen LogP contribution in [0.3, 0.4) is 0 Å². The SMILES string of the molecule is CC1(C)N=C(N)N=C(N)N1c1cccc(/C=C(/C#N)c2ccccc2)c1. The minimum absolute atomic E-state index is 0.163. The van der Waals surface area contributed by atoms with E-state index in [1.54, 1.807) is 0 Å². The Morgan fingerprint density at radius 2 is 1.85 bits per heavy atom. The Labute approximate surface area is 152 Å². The monoisotopic (exact) mass is 344 g/mol. The Morgan fingerprint density at radius 3 is 2.50 bits per heavy atom. The molecule has 0 bridgehead atoms. The van der Waals surface area contributed by atoms with Gasteiger partial charge in [0.2, 0.25) is 11.9 Å². The first kappa shape index (κ1) is 17.2. The Morgan fingerprint density at radius 1 is 1.12 bits per heavy atom. The zero-order valence-electron chi connectivity index (χ0n) is 14.7. The van der Waals surface area contributed by atoms with E-state index in [0.717, 1.165) is 16.8 Å². The molecule has 1 aliphatic rings. The molecule has 0 saturated heterocycles. The maximum atomic E-state index is 9.51. The van der Waals surface area contributed by atoms with E-state index >= 15 is 0 Å². The number of allylic oxidation sites excluding steroid dienone is 1. The van der Waals surface area contributed by atoms with Crippen LogP contribution in [0.25, 0.3) is 11.6 Å². The zero-order valence-corrected chi connectivity index (χ0v) is 14.7. The summed E-state index contributed by atoms with van der Waals surface area (Å²) in [5.74, 6) is 0.447. The van der Waals surface area contributed by atoms with Gasteiger partial charge in [0.15, 0.2) is 0 Å². The molecule has 0 aromatic heterocycles. The summed E-state index contributed by atoms with van der Waals surface area (Å²) in [4.78, 5) is 10.2. The predicted molar refractivity (Wildman–Crippen MR) is 106 cm³/mol. The molecule has 0 atom stereocenters. The average molecular weight is 344 g/mol. The van der Waals surface area contributed by atoms with E-state index < -0.39 is 5.66 Å². The van der Waals surface area contributed by atoms with Crippen molar-refractivity contribution >= 4 is 29.3 Å². The molecule has 0 aliphatic carbocycles. The number of nitrogens with two attached hydrogens (primary N) is 2. The van der Waals surface area contributed by atoms with Gasteiger partial charge in [-0.3, -0.25) is 4.90 Å². The maximum absolute atomic E-state index is 9.51. The maximum Gasteiger partial charge on any atom is 0.220 e. The lowest BCUT2D eigenvalue weighted by molar-refractivity contribution is 0.534. The molecule has 1 aliphatic heterocycles. The molecular weight excluding hydrogens is 324 g/mol. The normalized spacial score (nSPS) is 16.5. The van der Waals surface area contributed by atoms with E-state index in [1.807, 2.05) is 79.4 Å². The third kappa shape index (κ3) is 3.42. The standard InChI is InChI=1S/C20H20N6/c1-20(2)25-18(22)24-19(23)26(20)17-10-6-7-14(12-17)11-16(13-21)15-8-4-3-5-9-15/h3-12H,1-2H3,(H4,22,23,24,25)/b16-11-. The van der Waals surface area contributed by atoms with E-state index in [1.165, 1.54) is 0 Å². The highest BCUT2D eigenvalue weighted by Gasteiger charge is 2.32. The fourth-order valence-corrected chi connectivity index (χ4v) is 2.97. The molecule has 0 saturated carbocycles. The smallest absolute Gasteiger partial charge is 0.220 e. The Hall–Kier alpha value is -3.59. The van der Waals surface area contributed by atoms with Crippen molar-refractivity contribution < 1.29 is 0 Å². The molecule has 130 valence electrons. The molecule has 2 aromatic rings. The van der Waals surface area contributed by atoms with Crippen molar-refractivity contribution in [2.24, 2.45) is 21.5 Å². The highest BCUT2D eigenvalue weighted by atomic mass is 15.4. The number of aliphatic imine (C=N–C) groups is 2. The molecule has 26 heavy (non-hydrogen) atoms. The van der Waals surface area contributed by atoms with E-state index in [9.17, 15) is 5.26 Å². The van der Waals surface area contributed by atoms with Crippen molar-refractivity contribution in [1.82, 2.24) is 0 Å². The second-order valence-electron chi connectivity index (χ2n) is 6.40. The summed E-state index contributed by atoms with van der Waals surface area (Å²) in [6.45, 7) is 3.82. The lowest BCUT2D eigenvalue weighted by Crippen LogP contribution is -2.54. The average Bonchev–Trinajstić information content (AvgIpc) is 2.59. The first-order chi connectivity index (χ1) is 12.4. The summed E-state index contributed by atoms with van der Waals surface area (Å²) in [6, 6.07) is 19.5. The number of benzene rings is 2. The Bertz CT molecular complexity index is 948. The van der Waals surface area contributed by atoms with Crippen molar-refractivity contribution in [2.45, 2.75) is 19.5 Å². The van der Waals surface area contributed by atoms with E-state index in [0.29, 0.717) is 5.57 Å². The fraction of sp³-hybridized carbons (Fsp3) is 0.150. The molecule has 0 radical (unpaired) electrons. The van der Waals surface area contributed by atoms with Gasteiger partial charge in [-0.2, -0.15) is 10.3 Å². The molecule has 4 N–H and O–H groups in total. The summed E-state index contributed by atoms with van der Waals surface area (Å²) in [5.41, 5.74) is 14.3. The van der Waals surface area contributed by atoms with Crippen LogP contribution < -0.4 is 16.4 Å². The van der Waals surface area contributed by atoms with Gasteiger partial charge < -0.3 is 11.5 Å². The van der Waals surface area contributed by atoms with Gasteiger partial charge in [-0.25, -0.2) is 4.99 Å². The van der Waals surface area contributed by atoms with Gasteiger partial charge in [0.1, 0.15) is 5.66 Å². The molecule has 0 amide bonds. The lowest BCUT2D eigenvalue weighted by atomic mass is 10.0. The first-order valence-corrected chi connectivity index (χ1v) is 8.18. The minimum Gasteiger partial charge on any atom is -0.369 e. The van der Waals surface area contributed by atoms with Crippen LogP contribution in [-0.4, -0.2) is 17.6 Å². The van der Waals surface area contributed by atoms with Crippen LogP contribution in [0, 0.1) is 11.3 Å². The van der Waals surface area contributed by atoms with Crippen LogP contribution in [0.1, 0.15) is 25.0 Å². The molecular formula is C20H20N6. The summed E-state index contributed by atoms with van der Waals surface area (Å²) in [7, 11) is 0. The molecule has 3 rings (SSSR count). The second kappa shape index (κ2) is 6.73. The van der Waals surface area contributed by atoms with Gasteiger partial charge >= 0.3 is 0 Å². The van der Waals surface area contributed by atoms with Crippen LogP contribution in [0.2, 0.25) is 0 Å². The largest absolute Gasteiger partial charge is 0.369 e. The number of hydrogen-bond donors (Lipinski definition) is 2. The van der Waals surface area contributed by atoms with Gasteiger partial charge in [-0.15, -0.1) is 0 Å². The van der Waals surface area contributed by atoms with Gasteiger partial charge in [0.05, 0.1) is 11.6 Å². The van der Waals surface area contributed by atoms with Crippen LogP contribution in [0.5, 0.6) is 0 Å². The van der Waals surface area contributed by atoms with Gasteiger partial charge in [-0.1, -0.05) is 42.5 Å². The number of hydrogen-bond acceptors (Lipinski definition) is 6. The number of nitriles is 1. The van der Waals surface area contributed by atoms with Crippen LogP contribution in [0.4, 0.5) is 5.69 Å². The minimum atomic E-state index is -0.657. The lowest BCUT2D eigenvalue weighted by Gasteiger charge is -2.38. The summed E-state index contributed by atoms with van der Waals surface area (Å²) < 4.78 is 0. The summed E-state index contributed by atoms with van der Waals surface area (Å²) in [6.07, 6.45) is 1.85. The number of nitrogens with zero attached hydrogens (tertiary/aromatic N) is 4. The van der Waals surface area contributed by atoms with Crippen LogP contribution in [-0.2, 0) is 0 Å². The topological polar surface area (TPSA) is 104 Å². The van der Waals surface area contributed by atoms with E-state index in [4.69, 9.17) is 11.5 Å². The summed E-state index contributed by atoms with van der Waals surface area (Å²) >= 11 is 0. The molecule has 6 heteroatoms. The van der Waals surface area contributed by atoms with Crippen molar-refractivity contribution in [3.8, 4) is 6.07 Å². The molecule has 0 spiro atoms. The molecule has 1 heterocycles. The van der Waals surface area contributed by atoms with Gasteiger partial charge in [-0.05, 0) is 43.2 Å². The molecule has 0 unspecified atom stereocenters. The second-order valence-corrected chi connectivity index (χ2v) is 6.40. The van der Waals surface area contributed by atoms with E-state index in [-0.39, 0.29) is 11.9 Å². The van der Waals surface area contributed by atoms with Crippen molar-refractivity contribution in [3.63, 3.8) is 0 Å². The Balaban J connectivity index is 2.01. The van der Waals surface area contributed by atoms with Gasteiger partial charge in [0, 0.05) is 5.69 Å². The van der Waals surface area contributed by atoms with Gasteiger partial charge in [0.25, 0.3) is 0 Å². The quantitative estimate of drug-likeness (QED) is 0.660. The van der Waals surface area contributed by atoms with Crippen molar-refractivity contribution in [2.75, 3.05) is 4.90 Å². The van der Waals surface area contributed by atoms with Crippen LogP contribution in [0.15, 0.2) is 64.6 Å². The third-order valence-corrected chi connectivity index (χ3v) is 4.04. The van der Waals surface area contributed by atoms with Crippen LogP contribution >= 0.6 is 0 Å². The van der Waals surface area contributed by atoms with Crippen molar-refractivity contribution in [3.05, 3.63) is 65.7 Å². The highest BCUT2D eigenvalue weighted by Crippen LogP contribution is 2.29. The highest BCUT2D eigenvalue weighted by molar-refractivity contribution is 6.05. The number of guanidine groups is 2. The summed E-state index contributed by atoms with van der Waals surface area (Å²) in [5, 5.41) is 9.51. The Kier molecular flexibility index (Phi) is 4.46.